The van der Waals surface area contributed by atoms with Gasteiger partial charge in [0.05, 0.1) is 5.41 Å². The van der Waals surface area contributed by atoms with Gasteiger partial charge in [-0.2, -0.15) is 0 Å². The second-order valence-corrected chi connectivity index (χ2v) is 8.37. The third-order valence-electron chi connectivity index (χ3n) is 6.08. The Kier molecular flexibility index (Phi) is 7.37. The molecule has 0 fully saturated rings. The van der Waals surface area contributed by atoms with Gasteiger partial charge in [0.1, 0.15) is 0 Å². The molecule has 2 atom stereocenters. The zero-order valence-electron chi connectivity index (χ0n) is 18.5. The summed E-state index contributed by atoms with van der Waals surface area (Å²) in [5.74, 6) is 0.632. The minimum absolute atomic E-state index is 0.179. The molecule has 2 heteroatoms. The lowest BCUT2D eigenvalue weighted by Crippen LogP contribution is -2.43. The van der Waals surface area contributed by atoms with Crippen molar-refractivity contribution >= 4 is 5.78 Å². The van der Waals surface area contributed by atoms with E-state index in [1.807, 2.05) is 37.3 Å². The van der Waals surface area contributed by atoms with Crippen molar-refractivity contribution < 1.29 is 4.79 Å². The third kappa shape index (κ3) is 4.44. The highest BCUT2D eigenvalue weighted by atomic mass is 16.1. The zero-order valence-corrected chi connectivity index (χ0v) is 18.5. The van der Waals surface area contributed by atoms with E-state index in [-0.39, 0.29) is 11.8 Å². The SMILES string of the molecule is C/C=C(\C)[C@@](C[C@H](C)N(C)C)(C(=O)c1ccc(C(C)C)cc1)c1ccccc1. The van der Waals surface area contributed by atoms with Gasteiger partial charge < -0.3 is 4.90 Å². The van der Waals surface area contributed by atoms with Gasteiger partial charge in [-0.25, -0.2) is 0 Å². The lowest BCUT2D eigenvalue weighted by atomic mass is 9.66. The quantitative estimate of drug-likeness (QED) is 0.401. The highest BCUT2D eigenvalue weighted by Crippen LogP contribution is 2.40. The van der Waals surface area contributed by atoms with Crippen molar-refractivity contribution in [1.29, 1.82) is 0 Å². The molecule has 0 spiro atoms. The molecule has 0 aliphatic rings. The number of ketones is 1. The van der Waals surface area contributed by atoms with Crippen molar-refractivity contribution in [3.63, 3.8) is 0 Å². The molecule has 0 heterocycles. The van der Waals surface area contributed by atoms with Gasteiger partial charge in [0.25, 0.3) is 0 Å². The number of carbonyl (C=O) groups excluding carboxylic acids is 1. The molecular weight excluding hydrogens is 342 g/mol. The van der Waals surface area contributed by atoms with E-state index in [0.717, 1.165) is 23.1 Å². The summed E-state index contributed by atoms with van der Waals surface area (Å²) < 4.78 is 0. The molecule has 150 valence electrons. The smallest absolute Gasteiger partial charge is 0.177 e. The van der Waals surface area contributed by atoms with E-state index < -0.39 is 5.41 Å². The molecule has 0 N–H and O–H groups in total. The third-order valence-corrected chi connectivity index (χ3v) is 6.08. The standard InChI is InChI=1S/C26H35NO/c1-8-20(4)26(18-21(5)27(6)7,24-12-10-9-11-13-24)25(28)23-16-14-22(15-17-23)19(2)3/h8-17,19,21H,18H2,1-7H3/b20-8+/t21-,26+/m0/s1. The lowest BCUT2D eigenvalue weighted by molar-refractivity contribution is 0.0879. The molecule has 28 heavy (non-hydrogen) atoms. The van der Waals surface area contributed by atoms with Crippen LogP contribution in [0, 0.1) is 0 Å². The van der Waals surface area contributed by atoms with Gasteiger partial charge in [0.15, 0.2) is 5.78 Å². The number of Topliss-reactive ketones (excluding diaryl/α,β-unsaturated/α-hetero) is 1. The summed E-state index contributed by atoms with van der Waals surface area (Å²) in [5, 5.41) is 0. The van der Waals surface area contributed by atoms with E-state index in [1.165, 1.54) is 5.56 Å². The molecule has 0 saturated heterocycles. The Labute approximate surface area is 171 Å². The van der Waals surface area contributed by atoms with E-state index in [2.05, 4.69) is 77.0 Å². The van der Waals surface area contributed by atoms with Crippen molar-refractivity contribution in [3.05, 3.63) is 82.9 Å². The van der Waals surface area contributed by atoms with E-state index in [1.54, 1.807) is 0 Å². The molecule has 0 saturated carbocycles. The van der Waals surface area contributed by atoms with Crippen molar-refractivity contribution in [2.45, 2.75) is 58.4 Å². The molecule has 0 bridgehead atoms. The molecule has 0 aromatic heterocycles. The lowest BCUT2D eigenvalue weighted by Gasteiger charge is -2.38. The molecule has 0 radical (unpaired) electrons. The Morgan fingerprint density at radius 1 is 1.00 bits per heavy atom. The predicted molar refractivity (Wildman–Crippen MR) is 120 cm³/mol. The van der Waals surface area contributed by atoms with Gasteiger partial charge >= 0.3 is 0 Å². The fourth-order valence-electron chi connectivity index (χ4n) is 3.77. The van der Waals surface area contributed by atoms with Crippen LogP contribution in [-0.4, -0.2) is 30.8 Å². The van der Waals surface area contributed by atoms with Crippen molar-refractivity contribution in [1.82, 2.24) is 4.90 Å². The Bertz CT molecular complexity index is 802. The molecule has 0 amide bonds. The van der Waals surface area contributed by atoms with Gasteiger partial charge in [-0.15, -0.1) is 0 Å². The molecule has 0 aliphatic heterocycles. The van der Waals surface area contributed by atoms with Crippen LogP contribution in [0.1, 0.15) is 68.4 Å². The second kappa shape index (κ2) is 9.34. The molecule has 2 rings (SSSR count). The van der Waals surface area contributed by atoms with Crippen LogP contribution in [0.5, 0.6) is 0 Å². The largest absolute Gasteiger partial charge is 0.307 e. The fourth-order valence-corrected chi connectivity index (χ4v) is 3.77. The van der Waals surface area contributed by atoms with E-state index in [4.69, 9.17) is 0 Å². The molecule has 2 aromatic carbocycles. The monoisotopic (exact) mass is 377 g/mol. The number of hydrogen-bond acceptors (Lipinski definition) is 2. The number of benzene rings is 2. The number of allylic oxidation sites excluding steroid dienone is 2. The maximum Gasteiger partial charge on any atom is 0.177 e. The molecular formula is C26H35NO. The first-order chi connectivity index (χ1) is 13.2. The van der Waals surface area contributed by atoms with Crippen LogP contribution in [0.4, 0.5) is 0 Å². The van der Waals surface area contributed by atoms with Crippen molar-refractivity contribution in [2.75, 3.05) is 14.1 Å². The summed E-state index contributed by atoms with van der Waals surface area (Å²) in [4.78, 5) is 16.2. The zero-order chi connectivity index (χ0) is 20.9. The van der Waals surface area contributed by atoms with E-state index in [0.29, 0.717) is 5.92 Å². The topological polar surface area (TPSA) is 20.3 Å². The number of nitrogens with zero attached hydrogens (tertiary/aromatic N) is 1. The maximum absolute atomic E-state index is 14.0. The Balaban J connectivity index is 2.66. The summed E-state index contributed by atoms with van der Waals surface area (Å²) in [6, 6.07) is 18.7. The average Bonchev–Trinajstić information content (AvgIpc) is 2.71. The Morgan fingerprint density at radius 2 is 1.57 bits per heavy atom. The number of hydrogen-bond donors (Lipinski definition) is 0. The van der Waals surface area contributed by atoms with Crippen LogP contribution < -0.4 is 0 Å². The van der Waals surface area contributed by atoms with Crippen LogP contribution in [0.2, 0.25) is 0 Å². The highest BCUT2D eigenvalue weighted by Gasteiger charge is 2.43. The molecule has 2 nitrogen and oxygen atoms in total. The van der Waals surface area contributed by atoms with E-state index >= 15 is 0 Å². The van der Waals surface area contributed by atoms with Gasteiger partial charge in [0.2, 0.25) is 0 Å². The normalized spacial score (nSPS) is 15.5. The van der Waals surface area contributed by atoms with Gasteiger partial charge in [-0.3, -0.25) is 4.79 Å². The van der Waals surface area contributed by atoms with Crippen LogP contribution in [0.15, 0.2) is 66.2 Å². The maximum atomic E-state index is 14.0. The minimum atomic E-state index is -0.668. The van der Waals surface area contributed by atoms with E-state index in [9.17, 15) is 4.79 Å². The van der Waals surface area contributed by atoms with Gasteiger partial charge in [-0.1, -0.05) is 80.1 Å². The summed E-state index contributed by atoms with van der Waals surface area (Å²) in [6.45, 7) is 10.7. The Hall–Kier alpha value is -2.19. The van der Waals surface area contributed by atoms with Crippen LogP contribution in [-0.2, 0) is 5.41 Å². The van der Waals surface area contributed by atoms with Crippen LogP contribution in [0.25, 0.3) is 0 Å². The minimum Gasteiger partial charge on any atom is -0.307 e. The van der Waals surface area contributed by atoms with Crippen LogP contribution in [0.3, 0.4) is 0 Å². The molecule has 0 aliphatic carbocycles. The van der Waals surface area contributed by atoms with Crippen molar-refractivity contribution in [2.24, 2.45) is 0 Å². The molecule has 0 unspecified atom stereocenters. The predicted octanol–water partition coefficient (Wildman–Crippen LogP) is 6.24. The summed E-state index contributed by atoms with van der Waals surface area (Å²) in [6.07, 6.45) is 2.83. The molecule has 2 aromatic rings. The van der Waals surface area contributed by atoms with Gasteiger partial charge in [0, 0.05) is 11.6 Å². The summed E-state index contributed by atoms with van der Waals surface area (Å²) in [5.41, 5.74) is 3.54. The Morgan fingerprint density at radius 3 is 2.04 bits per heavy atom. The van der Waals surface area contributed by atoms with Crippen molar-refractivity contribution in [3.8, 4) is 0 Å². The number of carbonyl (C=O) groups is 1. The van der Waals surface area contributed by atoms with Crippen LogP contribution >= 0.6 is 0 Å². The first-order valence-corrected chi connectivity index (χ1v) is 10.2. The summed E-state index contributed by atoms with van der Waals surface area (Å²) in [7, 11) is 4.15. The first kappa shape index (κ1) is 22.1. The number of rotatable bonds is 8. The second-order valence-electron chi connectivity index (χ2n) is 8.37. The van der Waals surface area contributed by atoms with Gasteiger partial charge in [-0.05, 0) is 58.3 Å². The first-order valence-electron chi connectivity index (χ1n) is 10.2. The summed E-state index contributed by atoms with van der Waals surface area (Å²) >= 11 is 0. The average molecular weight is 378 g/mol. The fraction of sp³-hybridized carbons (Fsp3) is 0.423. The highest BCUT2D eigenvalue weighted by molar-refractivity contribution is 6.06.